The van der Waals surface area contributed by atoms with E-state index in [1.54, 1.807) is 0 Å². The Morgan fingerprint density at radius 2 is 2.23 bits per heavy atom. The Bertz CT molecular complexity index is 296. The van der Waals surface area contributed by atoms with E-state index >= 15 is 0 Å². The molecule has 1 heterocycles. The number of nitrogens with two attached hydrogens (primary N) is 1. The smallest absolute Gasteiger partial charge is 0.280 e. The molecule has 0 aliphatic heterocycles. The first-order valence-electron chi connectivity index (χ1n) is 3.34. The second-order valence-electron chi connectivity index (χ2n) is 2.26. The summed E-state index contributed by atoms with van der Waals surface area (Å²) in [5.74, 6) is 0.268. The van der Waals surface area contributed by atoms with Gasteiger partial charge < -0.3 is 10.5 Å². The van der Waals surface area contributed by atoms with Gasteiger partial charge in [0.1, 0.15) is 5.69 Å². The molecule has 0 aromatic carbocycles. The van der Waals surface area contributed by atoms with Crippen molar-refractivity contribution in [1.82, 2.24) is 4.98 Å². The molecule has 2 N–H and O–H groups in total. The molecule has 0 saturated carbocycles. The van der Waals surface area contributed by atoms with Gasteiger partial charge in [-0.25, -0.2) is 13.8 Å². The molecule has 3 nitrogen and oxygen atoms in total. The molecule has 0 aliphatic carbocycles. The number of anilines is 1. The van der Waals surface area contributed by atoms with E-state index in [-0.39, 0.29) is 21.7 Å². The average Bonchev–Trinajstić information content (AvgIpc) is 2.03. The van der Waals surface area contributed by atoms with Gasteiger partial charge in [-0.2, -0.15) is 0 Å². The van der Waals surface area contributed by atoms with Crippen molar-refractivity contribution in [3.8, 4) is 5.75 Å². The predicted octanol–water partition coefficient (Wildman–Crippen LogP) is 2.37. The van der Waals surface area contributed by atoms with Crippen molar-refractivity contribution in [2.75, 3.05) is 12.8 Å². The summed E-state index contributed by atoms with van der Waals surface area (Å²) in [7, 11) is 1.39. The third-order valence-corrected chi connectivity index (χ3v) is 1.95. The van der Waals surface area contributed by atoms with E-state index in [9.17, 15) is 8.78 Å². The molecule has 0 amide bonds. The van der Waals surface area contributed by atoms with Gasteiger partial charge in [0.15, 0.2) is 10.4 Å². The number of nitrogens with zero attached hydrogens (tertiary/aromatic N) is 1. The van der Waals surface area contributed by atoms with Gasteiger partial charge in [-0.1, -0.05) is 0 Å². The number of hydrogen-bond acceptors (Lipinski definition) is 3. The van der Waals surface area contributed by atoms with Crippen LogP contribution in [0.1, 0.15) is 12.1 Å². The second-order valence-corrected chi connectivity index (χ2v) is 3.01. The molecule has 13 heavy (non-hydrogen) atoms. The van der Waals surface area contributed by atoms with E-state index < -0.39 is 6.43 Å². The third kappa shape index (κ3) is 2.06. The molecule has 1 aromatic rings. The summed E-state index contributed by atoms with van der Waals surface area (Å²) in [6, 6.07) is 1.09. The Labute approximate surface area is 82.0 Å². The van der Waals surface area contributed by atoms with Crippen molar-refractivity contribution in [1.29, 1.82) is 0 Å². The van der Waals surface area contributed by atoms with Crippen LogP contribution in [0, 0.1) is 0 Å². The maximum absolute atomic E-state index is 12.2. The zero-order valence-electron chi connectivity index (χ0n) is 6.72. The van der Waals surface area contributed by atoms with Crippen LogP contribution in [-0.4, -0.2) is 12.1 Å². The minimum atomic E-state index is -2.63. The highest BCUT2D eigenvalue weighted by Crippen LogP contribution is 2.32. The molecular formula is C7H7BrF2N2O. The summed E-state index contributed by atoms with van der Waals surface area (Å²) in [6.07, 6.45) is -2.63. The van der Waals surface area contributed by atoms with Gasteiger partial charge in [-0.3, -0.25) is 0 Å². The molecule has 0 aliphatic rings. The van der Waals surface area contributed by atoms with E-state index in [0.29, 0.717) is 0 Å². The Hall–Kier alpha value is -0.910. The van der Waals surface area contributed by atoms with Crippen LogP contribution in [0.15, 0.2) is 10.7 Å². The van der Waals surface area contributed by atoms with Gasteiger partial charge in [0, 0.05) is 0 Å². The molecule has 1 rings (SSSR count). The number of halogens is 3. The lowest BCUT2D eigenvalue weighted by atomic mass is 10.3. The van der Waals surface area contributed by atoms with Crippen molar-refractivity contribution in [3.63, 3.8) is 0 Å². The number of methoxy groups -OCH3 is 1. The van der Waals surface area contributed by atoms with E-state index in [1.165, 1.54) is 7.11 Å². The zero-order valence-corrected chi connectivity index (χ0v) is 8.31. The number of pyridine rings is 1. The van der Waals surface area contributed by atoms with Gasteiger partial charge in [-0.05, 0) is 22.0 Å². The highest BCUT2D eigenvalue weighted by Gasteiger charge is 2.14. The molecule has 0 fully saturated rings. The first kappa shape index (κ1) is 10.2. The monoisotopic (exact) mass is 252 g/mol. The first-order chi connectivity index (χ1) is 6.06. The number of ether oxygens (including phenoxy) is 1. The van der Waals surface area contributed by atoms with Gasteiger partial charge >= 0.3 is 0 Å². The fraction of sp³-hybridized carbons (Fsp3) is 0.286. The van der Waals surface area contributed by atoms with Crippen molar-refractivity contribution >= 4 is 21.6 Å². The maximum Gasteiger partial charge on any atom is 0.280 e. The lowest BCUT2D eigenvalue weighted by molar-refractivity contribution is 0.146. The lowest BCUT2D eigenvalue weighted by Crippen LogP contribution is -1.99. The summed E-state index contributed by atoms with van der Waals surface area (Å²) < 4.78 is 29.4. The standard InChI is InChI=1S/C7H7BrF2N2O/c1-13-5-3(11)2-4(7(9)10)12-6(5)8/h2,7H,1H3,(H2,11,12). The minimum absolute atomic E-state index is 0.139. The highest BCUT2D eigenvalue weighted by molar-refractivity contribution is 9.10. The molecule has 0 atom stereocenters. The molecule has 0 radical (unpaired) electrons. The fourth-order valence-corrected chi connectivity index (χ4v) is 1.45. The second kappa shape index (κ2) is 3.87. The van der Waals surface area contributed by atoms with Crippen molar-refractivity contribution < 1.29 is 13.5 Å². The van der Waals surface area contributed by atoms with Crippen molar-refractivity contribution in [2.45, 2.75) is 6.43 Å². The van der Waals surface area contributed by atoms with Crippen molar-refractivity contribution in [2.24, 2.45) is 0 Å². The van der Waals surface area contributed by atoms with Crippen LogP contribution in [0.5, 0.6) is 5.75 Å². The zero-order chi connectivity index (χ0) is 10.0. The summed E-state index contributed by atoms with van der Waals surface area (Å²) in [4.78, 5) is 3.57. The first-order valence-corrected chi connectivity index (χ1v) is 4.13. The van der Waals surface area contributed by atoms with Crippen molar-refractivity contribution in [3.05, 3.63) is 16.4 Å². The number of hydrogen-bond donors (Lipinski definition) is 1. The normalized spacial score (nSPS) is 10.5. The van der Waals surface area contributed by atoms with Gasteiger partial charge in [0.2, 0.25) is 0 Å². The average molecular weight is 253 g/mol. The largest absolute Gasteiger partial charge is 0.492 e. The molecule has 0 spiro atoms. The fourth-order valence-electron chi connectivity index (χ4n) is 0.854. The van der Waals surface area contributed by atoms with Gasteiger partial charge in [0.25, 0.3) is 6.43 Å². The predicted molar refractivity (Wildman–Crippen MR) is 47.9 cm³/mol. The number of rotatable bonds is 2. The van der Waals surface area contributed by atoms with Crippen LogP contribution in [-0.2, 0) is 0 Å². The Kier molecular flexibility index (Phi) is 3.02. The summed E-state index contributed by atoms with van der Waals surface area (Å²) in [5.41, 5.74) is 5.21. The minimum Gasteiger partial charge on any atom is -0.492 e. The van der Waals surface area contributed by atoms with E-state index in [0.717, 1.165) is 6.07 Å². The van der Waals surface area contributed by atoms with Crippen LogP contribution in [0.2, 0.25) is 0 Å². The SMILES string of the molecule is COc1c(N)cc(C(F)F)nc1Br. The topological polar surface area (TPSA) is 48.1 Å². The molecule has 0 bridgehead atoms. The van der Waals surface area contributed by atoms with Crippen LogP contribution >= 0.6 is 15.9 Å². The van der Waals surface area contributed by atoms with Crippen LogP contribution in [0.4, 0.5) is 14.5 Å². The van der Waals surface area contributed by atoms with Crippen LogP contribution in [0.3, 0.4) is 0 Å². The number of alkyl halides is 2. The van der Waals surface area contributed by atoms with Gasteiger partial charge in [0.05, 0.1) is 12.8 Å². The summed E-state index contributed by atoms with van der Waals surface area (Å²) in [6.45, 7) is 0. The number of aromatic nitrogens is 1. The Morgan fingerprint density at radius 1 is 1.62 bits per heavy atom. The maximum atomic E-state index is 12.2. The molecule has 72 valence electrons. The van der Waals surface area contributed by atoms with Gasteiger partial charge in [-0.15, -0.1) is 0 Å². The van der Waals surface area contributed by atoms with E-state index in [1.807, 2.05) is 0 Å². The highest BCUT2D eigenvalue weighted by atomic mass is 79.9. The van der Waals surface area contributed by atoms with E-state index in [4.69, 9.17) is 10.5 Å². The van der Waals surface area contributed by atoms with E-state index in [2.05, 4.69) is 20.9 Å². The molecule has 6 heteroatoms. The van der Waals surface area contributed by atoms with Crippen LogP contribution in [0.25, 0.3) is 0 Å². The lowest BCUT2D eigenvalue weighted by Gasteiger charge is -2.07. The number of nitrogen functional groups attached to an aromatic ring is 1. The summed E-state index contributed by atoms with van der Waals surface area (Å²) >= 11 is 2.98. The molecule has 1 aromatic heterocycles. The Morgan fingerprint density at radius 3 is 2.62 bits per heavy atom. The summed E-state index contributed by atoms with van der Waals surface area (Å²) in [5, 5.41) is 0. The third-order valence-electron chi connectivity index (χ3n) is 1.41. The quantitative estimate of drug-likeness (QED) is 0.823. The molecule has 0 saturated heterocycles. The molecular weight excluding hydrogens is 246 g/mol. The Balaban J connectivity index is 3.20. The molecule has 0 unspecified atom stereocenters. The van der Waals surface area contributed by atoms with Crippen LogP contribution < -0.4 is 10.5 Å².